The van der Waals surface area contributed by atoms with Crippen LogP contribution in [0.5, 0.6) is 11.5 Å². The molecule has 0 N–H and O–H groups in total. The van der Waals surface area contributed by atoms with Gasteiger partial charge < -0.3 is 29.1 Å². The van der Waals surface area contributed by atoms with Gasteiger partial charge in [0.2, 0.25) is 0 Å². The zero-order valence-electron chi connectivity index (χ0n) is 70.5. The van der Waals surface area contributed by atoms with E-state index in [0.717, 1.165) is 168 Å². The molecule has 0 fully saturated rings. The molecule has 0 saturated carbocycles. The van der Waals surface area contributed by atoms with Crippen LogP contribution in [0.2, 0.25) is 0 Å². The summed E-state index contributed by atoms with van der Waals surface area (Å²) in [6, 6.07) is 84.4. The highest BCUT2D eigenvalue weighted by molar-refractivity contribution is 7.01. The monoisotopic (exact) mass is 1570 g/mol. The van der Waals surface area contributed by atoms with Crippen molar-refractivity contribution in [3.05, 3.63) is 287 Å². The summed E-state index contributed by atoms with van der Waals surface area (Å²) in [4.78, 5) is 8.80. The Morgan fingerprint density at radius 2 is 0.559 bits per heavy atom. The first-order chi connectivity index (χ1) is 55.6. The average Bonchev–Trinajstić information content (AvgIpc) is 0.689. The minimum absolute atomic E-state index is 0.140. The Balaban J connectivity index is 0.760. The molecule has 14 aromatic rings. The number of hydrogen-bond donors (Lipinski definition) is 0. The van der Waals surface area contributed by atoms with E-state index in [0.29, 0.717) is 22.7 Å². The van der Waals surface area contributed by atoms with Crippen molar-refractivity contribution in [2.45, 2.75) is 183 Å². The lowest BCUT2D eigenvalue weighted by molar-refractivity contribution is -0.275. The van der Waals surface area contributed by atoms with Crippen molar-refractivity contribution in [3.63, 3.8) is 0 Å². The van der Waals surface area contributed by atoms with Crippen molar-refractivity contribution in [2.75, 3.05) is 19.6 Å². The molecule has 14 heteroatoms. The van der Waals surface area contributed by atoms with Gasteiger partial charge in [-0.05, 0) is 183 Å². The van der Waals surface area contributed by atoms with E-state index in [1.165, 1.54) is 11.1 Å². The molecule has 14 aromatic carbocycles. The molecular formula is C104H98B2F6N4O2. The number of anilines is 12. The fourth-order valence-corrected chi connectivity index (χ4v) is 19.3. The molecule has 118 heavy (non-hydrogen) atoms. The number of rotatable bonds is 11. The van der Waals surface area contributed by atoms with Crippen LogP contribution >= 0.6 is 0 Å². The molecule has 4 heterocycles. The van der Waals surface area contributed by atoms with E-state index in [1.54, 1.807) is 24.3 Å². The van der Waals surface area contributed by atoms with Crippen LogP contribution in [-0.2, 0) is 32.5 Å². The van der Waals surface area contributed by atoms with Gasteiger partial charge in [0.05, 0.1) is 0 Å². The number of alkyl halides is 6. The number of aryl methyl sites for hydroxylation is 2. The SMILES string of the molecule is Cc1ccc(N2c3cc(OC(F)(F)F)cc4c3B(c3ccc5cc(C(C)(C)C)ccc5c32)c2ccc3cc(C(C)(C)CCC(C)(C)c5ccc6c7c(ccc6c5)B5c6ccc8cc(C(C)(C)C)ccc8c6N(c6ccccc6C(C)(C)C)c6cc(OC(F)(F)F)cc(c65)N7c5ccccc5C(C)(C)C)ccc3c2N4c2ccc(C)cc2)cc1. The van der Waals surface area contributed by atoms with Crippen molar-refractivity contribution in [3.8, 4) is 11.5 Å². The number of nitrogens with zero attached hydrogens (tertiary/aromatic N) is 4. The summed E-state index contributed by atoms with van der Waals surface area (Å²) < 4.78 is 101. The molecule has 0 aliphatic carbocycles. The maximum atomic E-state index is 15.3. The van der Waals surface area contributed by atoms with Crippen molar-refractivity contribution >= 4 is 158 Å². The summed E-state index contributed by atoms with van der Waals surface area (Å²) in [7, 11) is 0. The highest BCUT2D eigenvalue weighted by Gasteiger charge is 2.50. The number of para-hydroxylation sites is 2. The van der Waals surface area contributed by atoms with Crippen LogP contribution in [0, 0.1) is 13.8 Å². The van der Waals surface area contributed by atoms with Crippen LogP contribution < -0.4 is 61.9 Å². The summed E-state index contributed by atoms with van der Waals surface area (Å²) in [5, 5.41) is 7.97. The molecule has 0 saturated heterocycles. The summed E-state index contributed by atoms with van der Waals surface area (Å²) >= 11 is 0. The lowest BCUT2D eigenvalue weighted by Crippen LogP contribution is -2.61. The maximum Gasteiger partial charge on any atom is 0.573 e. The normalized spacial score (nSPS) is 14.2. The predicted octanol–water partition coefficient (Wildman–Crippen LogP) is 26.1. The van der Waals surface area contributed by atoms with Crippen molar-refractivity contribution < 1.29 is 35.8 Å². The standard InChI is InChI=1S/C104H98B2F6N4O2/c1-61-27-39-71(40-28-61)113-87-57-73(117-103(107,108)109)58-88-91(87)105(81-47-31-63-53-67(97(3,4)5)35-43-75(63)93(81)113)82-48-33-65-55-69(37-45-76(65)94(82)114(88)72-41-29-62(2)30-42-72)101(15,16)51-52-102(17,18)70-38-46-78-66(56-70)34-50-84-96(78)116(86-26-22-20-24-80(86)100(12,13)14)90-60-74(118-104(110,111)112)59-89-92(90)106(84)83-49-32-64-54-68(98(6,7)8)36-44-77(64)95(83)115(89)85-25-21-19-23-79(85)99(9,10)11/h19-50,53-60H,51-52H2,1-18H3. The molecule has 0 unspecified atom stereocenters. The van der Waals surface area contributed by atoms with E-state index in [1.807, 2.05) is 38.1 Å². The van der Waals surface area contributed by atoms with Gasteiger partial charge in [-0.3, -0.25) is 0 Å². The molecule has 4 aliphatic rings. The Morgan fingerprint density at radius 1 is 0.280 bits per heavy atom. The first-order valence-corrected chi connectivity index (χ1v) is 41.3. The van der Waals surface area contributed by atoms with Crippen molar-refractivity contribution in [2.24, 2.45) is 0 Å². The topological polar surface area (TPSA) is 31.4 Å². The second kappa shape index (κ2) is 27.1. The van der Waals surface area contributed by atoms with Gasteiger partial charge in [0.1, 0.15) is 11.5 Å². The highest BCUT2D eigenvalue weighted by atomic mass is 19.4. The maximum absolute atomic E-state index is 15.3. The van der Waals surface area contributed by atoms with Gasteiger partial charge in [0.25, 0.3) is 13.4 Å². The quantitative estimate of drug-likeness (QED) is 0.0948. The Morgan fingerprint density at radius 3 is 0.856 bits per heavy atom. The van der Waals surface area contributed by atoms with Crippen LogP contribution in [0.25, 0.3) is 43.1 Å². The van der Waals surface area contributed by atoms with E-state index < -0.39 is 31.6 Å². The van der Waals surface area contributed by atoms with Crippen molar-refractivity contribution in [1.29, 1.82) is 0 Å². The Hall–Kier alpha value is -11.4. The summed E-state index contributed by atoms with van der Waals surface area (Å²) in [5.41, 5.74) is 22.3. The second-order valence-corrected chi connectivity index (χ2v) is 38.8. The molecule has 0 radical (unpaired) electrons. The van der Waals surface area contributed by atoms with E-state index in [-0.39, 0.29) is 38.6 Å². The van der Waals surface area contributed by atoms with Gasteiger partial charge in [-0.25, -0.2) is 0 Å². The lowest BCUT2D eigenvalue weighted by atomic mass is 9.33. The zero-order chi connectivity index (χ0) is 83.4. The third kappa shape index (κ3) is 13.2. The lowest BCUT2D eigenvalue weighted by Gasteiger charge is -2.46. The fourth-order valence-electron chi connectivity index (χ4n) is 19.3. The smallest absolute Gasteiger partial charge is 0.406 e. The number of benzene rings is 14. The Labute approximate surface area is 690 Å². The van der Waals surface area contributed by atoms with Gasteiger partial charge in [0, 0.05) is 114 Å². The van der Waals surface area contributed by atoms with E-state index >= 15 is 26.3 Å². The molecule has 594 valence electrons. The molecule has 6 nitrogen and oxygen atoms in total. The molecule has 4 aliphatic heterocycles. The third-order valence-corrected chi connectivity index (χ3v) is 25.6. The molecule has 0 aromatic heterocycles. The van der Waals surface area contributed by atoms with Gasteiger partial charge >= 0.3 is 12.7 Å². The van der Waals surface area contributed by atoms with Gasteiger partial charge in [0.15, 0.2) is 0 Å². The molecule has 0 spiro atoms. The van der Waals surface area contributed by atoms with Crippen LogP contribution in [0.15, 0.2) is 243 Å². The zero-order valence-corrected chi connectivity index (χ0v) is 70.5. The minimum atomic E-state index is -5.01. The van der Waals surface area contributed by atoms with Crippen LogP contribution in [-0.4, -0.2) is 26.2 Å². The van der Waals surface area contributed by atoms with Crippen LogP contribution in [0.3, 0.4) is 0 Å². The van der Waals surface area contributed by atoms with E-state index in [9.17, 15) is 0 Å². The number of halogens is 6. The van der Waals surface area contributed by atoms with Gasteiger partial charge in [-0.2, -0.15) is 0 Å². The first kappa shape index (κ1) is 77.8. The highest BCUT2D eigenvalue weighted by Crippen LogP contribution is 2.55. The molecular weight excluding hydrogens is 1470 g/mol. The molecule has 0 amide bonds. The van der Waals surface area contributed by atoms with Crippen LogP contribution in [0.1, 0.15) is 168 Å². The molecule has 0 atom stereocenters. The van der Waals surface area contributed by atoms with Crippen molar-refractivity contribution in [1.82, 2.24) is 0 Å². The number of ether oxygens (including phenoxy) is 2. The fraction of sp³-hybridized carbons (Fsp3) is 0.269. The summed E-state index contributed by atoms with van der Waals surface area (Å²) in [6.07, 6.45) is -8.39. The minimum Gasteiger partial charge on any atom is -0.406 e. The third-order valence-electron chi connectivity index (χ3n) is 25.6. The first-order valence-electron chi connectivity index (χ1n) is 41.3. The average molecular weight is 1570 g/mol. The number of hydrogen-bond acceptors (Lipinski definition) is 6. The predicted molar refractivity (Wildman–Crippen MR) is 484 cm³/mol. The van der Waals surface area contributed by atoms with Gasteiger partial charge in [-0.1, -0.05) is 304 Å². The van der Waals surface area contributed by atoms with E-state index in [4.69, 9.17) is 9.47 Å². The Bertz CT molecular complexity index is 6470. The Kier molecular flexibility index (Phi) is 17.9. The summed E-state index contributed by atoms with van der Waals surface area (Å²) in [6.45, 7) is 38.9. The second-order valence-electron chi connectivity index (χ2n) is 38.8. The number of fused-ring (bicyclic) bond motifs is 16. The van der Waals surface area contributed by atoms with E-state index in [2.05, 4.69) is 325 Å². The van der Waals surface area contributed by atoms with Gasteiger partial charge in [-0.15, -0.1) is 26.3 Å². The molecule has 18 rings (SSSR count). The molecule has 0 bridgehead atoms. The largest absolute Gasteiger partial charge is 0.573 e. The summed E-state index contributed by atoms with van der Waals surface area (Å²) in [5.74, 6) is -0.626. The van der Waals surface area contributed by atoms with Crippen LogP contribution in [0.4, 0.5) is 94.6 Å².